The Morgan fingerprint density at radius 3 is 2.74 bits per heavy atom. The number of aliphatic imine (C=N–C) groups is 1. The third-order valence-electron chi connectivity index (χ3n) is 2.72. The molecule has 2 atom stereocenters. The minimum absolute atomic E-state index is 0.367. The number of hydrogen-bond donors (Lipinski definition) is 0. The van der Waals surface area contributed by atoms with Crippen LogP contribution in [0.25, 0.3) is 0 Å². The van der Waals surface area contributed by atoms with Gasteiger partial charge in [-0.1, -0.05) is 0 Å². The van der Waals surface area contributed by atoms with Crippen molar-refractivity contribution < 1.29 is 14.3 Å². The van der Waals surface area contributed by atoms with Crippen molar-refractivity contribution in [2.75, 3.05) is 0 Å². The molecular weight excluding hydrogens is 330 g/mol. The van der Waals surface area contributed by atoms with Crippen LogP contribution in [-0.4, -0.2) is 24.0 Å². The van der Waals surface area contributed by atoms with E-state index < -0.39 is 17.2 Å². The predicted molar refractivity (Wildman–Crippen MR) is 78.6 cm³/mol. The lowest BCUT2D eigenvalue weighted by molar-refractivity contribution is -0.160. The maximum atomic E-state index is 12.2. The molecule has 0 radical (unpaired) electrons. The third kappa shape index (κ3) is 3.00. The zero-order chi connectivity index (χ0) is 14.3. The summed E-state index contributed by atoms with van der Waals surface area (Å²) in [6.45, 7) is 7.36. The fourth-order valence-corrected chi connectivity index (χ4v) is 3.32. The smallest absolute Gasteiger partial charge is 0.336 e. The number of thiophene rings is 1. The molecule has 1 aliphatic heterocycles. The van der Waals surface area contributed by atoms with Crippen molar-refractivity contribution in [1.29, 1.82) is 0 Å². The first kappa shape index (κ1) is 14.5. The van der Waals surface area contributed by atoms with E-state index in [0.29, 0.717) is 0 Å². The summed E-state index contributed by atoms with van der Waals surface area (Å²) in [5, 5.41) is 0. The lowest BCUT2D eigenvalue weighted by Crippen LogP contribution is -2.42. The predicted octanol–water partition coefficient (Wildman–Crippen LogP) is 3.49. The van der Waals surface area contributed by atoms with Crippen molar-refractivity contribution in [2.24, 2.45) is 4.99 Å². The van der Waals surface area contributed by atoms with E-state index in [0.717, 1.165) is 8.66 Å². The highest BCUT2D eigenvalue weighted by molar-refractivity contribution is 9.11. The van der Waals surface area contributed by atoms with Gasteiger partial charge in [-0.05, 0) is 55.8 Å². The summed E-state index contributed by atoms with van der Waals surface area (Å²) in [5.74, 6) is -0.367. The van der Waals surface area contributed by atoms with E-state index in [1.54, 1.807) is 0 Å². The van der Waals surface area contributed by atoms with Gasteiger partial charge in [0.05, 0.1) is 8.66 Å². The number of esters is 1. The second-order valence-corrected chi connectivity index (χ2v) is 7.98. The normalized spacial score (nSPS) is 26.3. The van der Waals surface area contributed by atoms with Gasteiger partial charge < -0.3 is 9.47 Å². The molecule has 4 nitrogen and oxygen atoms in total. The molecule has 6 heteroatoms. The lowest BCUT2D eigenvalue weighted by Gasteiger charge is -2.29. The SMILES string of the molecule is CC(C)(C)OC(=O)[C@@H]1N=CO[C@@]1(C)c1ccc(Br)s1. The van der Waals surface area contributed by atoms with E-state index in [9.17, 15) is 4.79 Å². The van der Waals surface area contributed by atoms with E-state index in [1.807, 2.05) is 39.8 Å². The molecule has 0 spiro atoms. The molecule has 2 rings (SSSR count). The molecule has 0 amide bonds. The van der Waals surface area contributed by atoms with E-state index >= 15 is 0 Å². The maximum absolute atomic E-state index is 12.2. The van der Waals surface area contributed by atoms with Crippen molar-refractivity contribution in [2.45, 2.75) is 44.9 Å². The average molecular weight is 346 g/mol. The quantitative estimate of drug-likeness (QED) is 0.770. The summed E-state index contributed by atoms with van der Waals surface area (Å²) in [5.41, 5.74) is -1.33. The Bertz CT molecular complexity index is 520. The average Bonchev–Trinajstić information content (AvgIpc) is 2.83. The molecule has 0 saturated carbocycles. The summed E-state index contributed by atoms with van der Waals surface area (Å²) in [4.78, 5) is 17.3. The summed E-state index contributed by atoms with van der Waals surface area (Å²) in [6.07, 6.45) is 1.34. The van der Waals surface area contributed by atoms with Gasteiger partial charge in [-0.25, -0.2) is 9.79 Å². The van der Waals surface area contributed by atoms with Crippen LogP contribution in [0.5, 0.6) is 0 Å². The molecule has 19 heavy (non-hydrogen) atoms. The molecular formula is C13H16BrNO3S. The summed E-state index contributed by atoms with van der Waals surface area (Å²) in [6, 6.07) is 3.19. The summed E-state index contributed by atoms with van der Waals surface area (Å²) >= 11 is 4.94. The van der Waals surface area contributed by atoms with E-state index in [-0.39, 0.29) is 5.97 Å². The van der Waals surface area contributed by atoms with Crippen LogP contribution < -0.4 is 0 Å². The highest BCUT2D eigenvalue weighted by atomic mass is 79.9. The van der Waals surface area contributed by atoms with Gasteiger partial charge in [0, 0.05) is 0 Å². The molecule has 104 valence electrons. The summed E-state index contributed by atoms with van der Waals surface area (Å²) < 4.78 is 12.0. The molecule has 0 aromatic carbocycles. The van der Waals surface area contributed by atoms with Crippen molar-refractivity contribution in [3.63, 3.8) is 0 Å². The Morgan fingerprint density at radius 2 is 2.21 bits per heavy atom. The van der Waals surface area contributed by atoms with Crippen LogP contribution >= 0.6 is 27.3 Å². The lowest BCUT2D eigenvalue weighted by atomic mass is 9.95. The minimum atomic E-state index is -0.793. The Kier molecular flexibility index (Phi) is 3.75. The highest BCUT2D eigenvalue weighted by Gasteiger charge is 2.48. The Labute approximate surface area is 125 Å². The largest absolute Gasteiger partial charge is 0.469 e. The fraction of sp³-hybridized carbons (Fsp3) is 0.538. The maximum Gasteiger partial charge on any atom is 0.336 e. The Balaban J connectivity index is 2.25. The highest BCUT2D eigenvalue weighted by Crippen LogP contribution is 2.40. The van der Waals surface area contributed by atoms with Gasteiger partial charge in [-0.2, -0.15) is 0 Å². The molecule has 1 aromatic heterocycles. The van der Waals surface area contributed by atoms with Crippen LogP contribution in [-0.2, 0) is 19.9 Å². The van der Waals surface area contributed by atoms with Crippen molar-refractivity contribution in [3.8, 4) is 0 Å². The first-order valence-corrected chi connectivity index (χ1v) is 7.51. The number of halogens is 1. The topological polar surface area (TPSA) is 47.9 Å². The van der Waals surface area contributed by atoms with Gasteiger partial charge in [0.15, 0.2) is 18.0 Å². The number of rotatable bonds is 2. The second-order valence-electron chi connectivity index (χ2n) is 5.52. The van der Waals surface area contributed by atoms with Crippen LogP contribution in [0.1, 0.15) is 32.6 Å². The molecule has 0 N–H and O–H groups in total. The van der Waals surface area contributed by atoms with Gasteiger partial charge in [-0.15, -0.1) is 11.3 Å². The van der Waals surface area contributed by atoms with Gasteiger partial charge in [0.2, 0.25) is 0 Å². The van der Waals surface area contributed by atoms with Crippen molar-refractivity contribution in [1.82, 2.24) is 0 Å². The van der Waals surface area contributed by atoms with Crippen LogP contribution in [0.4, 0.5) is 0 Å². The third-order valence-corrected chi connectivity index (χ3v) is 4.56. The molecule has 0 bridgehead atoms. The zero-order valence-corrected chi connectivity index (χ0v) is 13.7. The second kappa shape index (κ2) is 4.90. The van der Waals surface area contributed by atoms with Gasteiger partial charge in [-0.3, -0.25) is 0 Å². The molecule has 2 heterocycles. The number of carbonyl (C=O) groups is 1. The van der Waals surface area contributed by atoms with E-state index in [2.05, 4.69) is 20.9 Å². The number of carbonyl (C=O) groups excluding carboxylic acids is 1. The first-order valence-electron chi connectivity index (χ1n) is 5.90. The fourth-order valence-electron chi connectivity index (χ4n) is 1.82. The molecule has 0 aliphatic carbocycles. The molecule has 1 aromatic rings. The first-order chi connectivity index (χ1) is 8.72. The molecule has 0 fully saturated rings. The van der Waals surface area contributed by atoms with E-state index in [4.69, 9.17) is 9.47 Å². The zero-order valence-electron chi connectivity index (χ0n) is 11.3. The number of ether oxygens (including phenoxy) is 2. The Morgan fingerprint density at radius 1 is 1.53 bits per heavy atom. The molecule has 1 aliphatic rings. The van der Waals surface area contributed by atoms with Gasteiger partial charge in [0.25, 0.3) is 0 Å². The monoisotopic (exact) mass is 345 g/mol. The van der Waals surface area contributed by atoms with Crippen molar-refractivity contribution in [3.05, 3.63) is 20.8 Å². The Hall–Kier alpha value is -0.880. The summed E-state index contributed by atoms with van der Waals surface area (Å²) in [7, 11) is 0. The number of hydrogen-bond acceptors (Lipinski definition) is 5. The van der Waals surface area contributed by atoms with Gasteiger partial charge >= 0.3 is 5.97 Å². The molecule has 0 saturated heterocycles. The minimum Gasteiger partial charge on any atom is -0.469 e. The van der Waals surface area contributed by atoms with Crippen LogP contribution in [0.2, 0.25) is 0 Å². The van der Waals surface area contributed by atoms with Crippen LogP contribution in [0.15, 0.2) is 20.9 Å². The van der Waals surface area contributed by atoms with Crippen molar-refractivity contribution >= 4 is 39.6 Å². The molecule has 0 unspecified atom stereocenters. The number of nitrogens with zero attached hydrogens (tertiary/aromatic N) is 1. The standard InChI is InChI=1S/C13H16BrNO3S/c1-12(2,3)18-11(16)10-13(4,17-7-15-10)8-5-6-9(14)19-8/h5-7,10H,1-4H3/t10-,13-/m0/s1. The van der Waals surface area contributed by atoms with E-state index in [1.165, 1.54) is 17.7 Å². The van der Waals surface area contributed by atoms with Gasteiger partial charge in [0.1, 0.15) is 5.60 Å². The van der Waals surface area contributed by atoms with Crippen LogP contribution in [0.3, 0.4) is 0 Å². The van der Waals surface area contributed by atoms with Crippen LogP contribution in [0, 0.1) is 0 Å².